The van der Waals surface area contributed by atoms with Crippen LogP contribution in [0.25, 0.3) is 11.3 Å². The van der Waals surface area contributed by atoms with Gasteiger partial charge in [0.15, 0.2) is 0 Å². The first-order valence-corrected chi connectivity index (χ1v) is 4.36. The molecule has 0 spiro atoms. The molecule has 1 aromatic carbocycles. The van der Waals surface area contributed by atoms with Crippen LogP contribution in [0.5, 0.6) is 0 Å². The predicted molar refractivity (Wildman–Crippen MR) is 53.2 cm³/mol. The van der Waals surface area contributed by atoms with Crippen LogP contribution < -0.4 is 0 Å². The Balaban J connectivity index is 0.00000112. The van der Waals surface area contributed by atoms with Crippen LogP contribution in [0.3, 0.4) is 0 Å². The Morgan fingerprint density at radius 1 is 1.27 bits per heavy atom. The van der Waals surface area contributed by atoms with Crippen LogP contribution >= 0.6 is 0 Å². The molecule has 0 aliphatic heterocycles. The Morgan fingerprint density at radius 2 is 2.07 bits per heavy atom. The van der Waals surface area contributed by atoms with E-state index in [9.17, 15) is 4.39 Å². The van der Waals surface area contributed by atoms with Crippen molar-refractivity contribution in [3.05, 3.63) is 54.0 Å². The Morgan fingerprint density at radius 3 is 2.73 bits per heavy atom. The minimum absolute atomic E-state index is 0. The van der Waals surface area contributed by atoms with Crippen molar-refractivity contribution in [1.29, 1.82) is 0 Å². The molecule has 0 radical (unpaired) electrons. The van der Waals surface area contributed by atoms with Crippen molar-refractivity contribution in [2.45, 2.75) is 6.92 Å². The first kappa shape index (κ1) is 12.1. The number of nitrogens with zero attached hydrogens (tertiary/aromatic N) is 1. The summed E-state index contributed by atoms with van der Waals surface area (Å²) in [6, 6.07) is 11.1. The second-order valence-electron chi connectivity index (χ2n) is 3.14. The van der Waals surface area contributed by atoms with E-state index in [1.807, 2.05) is 19.1 Å². The average molecular weight is 381 g/mol. The van der Waals surface area contributed by atoms with Crippen molar-refractivity contribution < 1.29 is 25.5 Å². The predicted octanol–water partition coefficient (Wildman–Crippen LogP) is 2.99. The van der Waals surface area contributed by atoms with E-state index in [4.69, 9.17) is 0 Å². The third-order valence-electron chi connectivity index (χ3n) is 1.96. The van der Waals surface area contributed by atoms with Gasteiger partial charge in [-0.15, -0.1) is 29.8 Å². The minimum Gasteiger partial charge on any atom is -0.305 e. The monoisotopic (exact) mass is 381 g/mol. The van der Waals surface area contributed by atoms with Crippen LogP contribution in [-0.4, -0.2) is 4.98 Å². The van der Waals surface area contributed by atoms with Crippen LogP contribution in [0.4, 0.5) is 4.39 Å². The number of hydrogen-bond donors (Lipinski definition) is 0. The molecule has 0 saturated carbocycles. The Bertz CT molecular complexity index is 413. The molecule has 0 aliphatic carbocycles. The molecule has 0 atom stereocenters. The second-order valence-corrected chi connectivity index (χ2v) is 3.14. The van der Waals surface area contributed by atoms with Crippen molar-refractivity contribution >= 4 is 0 Å². The topological polar surface area (TPSA) is 12.9 Å². The van der Waals surface area contributed by atoms with Gasteiger partial charge in [-0.05, 0) is 18.7 Å². The fourth-order valence-electron chi connectivity index (χ4n) is 1.27. The van der Waals surface area contributed by atoms with Crippen molar-refractivity contribution in [1.82, 2.24) is 4.98 Å². The van der Waals surface area contributed by atoms with Crippen LogP contribution in [0, 0.1) is 18.8 Å². The molecular weight excluding hydrogens is 372 g/mol. The maximum atomic E-state index is 12.9. The maximum Gasteiger partial charge on any atom is 0.0418 e. The molecule has 0 unspecified atom stereocenters. The van der Waals surface area contributed by atoms with Gasteiger partial charge in [0, 0.05) is 33.1 Å². The smallest absolute Gasteiger partial charge is 0.0418 e. The fourth-order valence-corrected chi connectivity index (χ4v) is 1.27. The number of aryl methyl sites for hydroxylation is 1. The summed E-state index contributed by atoms with van der Waals surface area (Å²) < 4.78 is 12.9. The average Bonchev–Trinajstić information content (AvgIpc) is 2.18. The summed E-state index contributed by atoms with van der Waals surface area (Å²) in [5.74, 6) is -0.262. The number of rotatable bonds is 1. The molecule has 1 nitrogen and oxygen atoms in total. The van der Waals surface area contributed by atoms with Crippen LogP contribution in [-0.2, 0) is 21.1 Å². The maximum absolute atomic E-state index is 12.9. The minimum atomic E-state index is -0.262. The van der Waals surface area contributed by atoms with Crippen LogP contribution in [0.1, 0.15) is 5.56 Å². The van der Waals surface area contributed by atoms with Gasteiger partial charge in [-0.1, -0.05) is 11.6 Å². The van der Waals surface area contributed by atoms with Crippen molar-refractivity contribution in [3.63, 3.8) is 0 Å². The summed E-state index contributed by atoms with van der Waals surface area (Å²) in [6.07, 6.45) is 1.71. The number of hydrogen-bond acceptors (Lipinski definition) is 1. The number of pyridine rings is 1. The summed E-state index contributed by atoms with van der Waals surface area (Å²) in [4.78, 5) is 4.15. The summed E-state index contributed by atoms with van der Waals surface area (Å²) in [6.45, 7) is 1.98. The van der Waals surface area contributed by atoms with Gasteiger partial charge in [-0.2, -0.15) is 0 Å². The summed E-state index contributed by atoms with van der Waals surface area (Å²) in [5, 5.41) is 0. The summed E-state index contributed by atoms with van der Waals surface area (Å²) in [7, 11) is 0. The molecule has 1 aromatic heterocycles. The zero-order valence-corrected chi connectivity index (χ0v) is 10.4. The second kappa shape index (κ2) is 5.18. The molecule has 1 heterocycles. The van der Waals surface area contributed by atoms with Gasteiger partial charge < -0.3 is 4.98 Å². The molecule has 15 heavy (non-hydrogen) atoms. The Hall–Kier alpha value is -1.01. The molecule has 2 rings (SSSR count). The largest absolute Gasteiger partial charge is 0.305 e. The van der Waals surface area contributed by atoms with Gasteiger partial charge >= 0.3 is 0 Å². The molecule has 0 saturated heterocycles. The zero-order valence-electron chi connectivity index (χ0n) is 8.11. The number of benzene rings is 1. The normalized spacial score (nSPS) is 9.47. The van der Waals surface area contributed by atoms with E-state index in [-0.39, 0.29) is 26.9 Å². The van der Waals surface area contributed by atoms with E-state index >= 15 is 0 Å². The summed E-state index contributed by atoms with van der Waals surface area (Å²) in [5.41, 5.74) is 2.55. The molecular formula is C12H9FNPt-. The summed E-state index contributed by atoms with van der Waals surface area (Å²) >= 11 is 0. The third-order valence-corrected chi connectivity index (χ3v) is 1.96. The van der Waals surface area contributed by atoms with E-state index in [0.717, 1.165) is 11.3 Å². The van der Waals surface area contributed by atoms with Crippen molar-refractivity contribution in [2.75, 3.05) is 0 Å². The molecule has 0 fully saturated rings. The van der Waals surface area contributed by atoms with E-state index in [0.29, 0.717) is 5.56 Å². The Labute approximate surface area is 103 Å². The van der Waals surface area contributed by atoms with Gasteiger partial charge in [0.2, 0.25) is 0 Å². The van der Waals surface area contributed by atoms with E-state index < -0.39 is 0 Å². The first-order chi connectivity index (χ1) is 6.75. The van der Waals surface area contributed by atoms with E-state index in [2.05, 4.69) is 11.1 Å². The molecule has 3 heteroatoms. The molecule has 0 aliphatic rings. The van der Waals surface area contributed by atoms with E-state index in [1.165, 1.54) is 12.1 Å². The van der Waals surface area contributed by atoms with Crippen molar-refractivity contribution in [3.8, 4) is 11.3 Å². The SMILES string of the molecule is Cc1ccnc(-c2[c-]ccc(F)c2)c1.[Pt]. The molecule has 2 aromatic rings. The number of aromatic nitrogens is 1. The van der Waals surface area contributed by atoms with Gasteiger partial charge in [-0.3, -0.25) is 0 Å². The Kier molecular flexibility index (Phi) is 4.16. The fraction of sp³-hybridized carbons (Fsp3) is 0.0833. The molecule has 0 bridgehead atoms. The van der Waals surface area contributed by atoms with E-state index in [1.54, 1.807) is 12.3 Å². The van der Waals surface area contributed by atoms with Crippen LogP contribution in [0.2, 0.25) is 0 Å². The molecule has 0 amide bonds. The van der Waals surface area contributed by atoms with Gasteiger partial charge in [0.25, 0.3) is 0 Å². The standard InChI is InChI=1S/C12H9FN.Pt/c1-9-5-6-14-12(7-9)10-3-2-4-11(13)8-10;/h2,4-8H,1H3;/q-1;. The third kappa shape index (κ3) is 2.97. The van der Waals surface area contributed by atoms with Gasteiger partial charge in [-0.25, -0.2) is 4.39 Å². The molecule has 80 valence electrons. The number of halogens is 1. The van der Waals surface area contributed by atoms with Gasteiger partial charge in [0.05, 0.1) is 0 Å². The van der Waals surface area contributed by atoms with Gasteiger partial charge in [0.1, 0.15) is 0 Å². The first-order valence-electron chi connectivity index (χ1n) is 4.36. The van der Waals surface area contributed by atoms with Crippen molar-refractivity contribution in [2.24, 2.45) is 0 Å². The quantitative estimate of drug-likeness (QED) is 0.693. The van der Waals surface area contributed by atoms with Crippen LogP contribution in [0.15, 0.2) is 36.5 Å². The zero-order chi connectivity index (χ0) is 9.97. The molecule has 0 N–H and O–H groups in total.